The summed E-state index contributed by atoms with van der Waals surface area (Å²) in [6, 6.07) is 1.83. The normalized spacial score (nSPS) is 33.9. The summed E-state index contributed by atoms with van der Waals surface area (Å²) >= 11 is 0. The topological polar surface area (TPSA) is 62.5 Å². The highest BCUT2D eigenvalue weighted by atomic mass is 16.3. The molecule has 4 heteroatoms. The van der Waals surface area contributed by atoms with Crippen molar-refractivity contribution in [3.63, 3.8) is 0 Å². The molecule has 2 fully saturated rings. The van der Waals surface area contributed by atoms with Crippen LogP contribution in [0.15, 0.2) is 16.7 Å². The highest BCUT2D eigenvalue weighted by Crippen LogP contribution is 2.48. The second kappa shape index (κ2) is 4.43. The standard InChI is InChI=1S/C14H19NO3/c1-8-11(4-5-18-8)14(17)15-13-10-3-2-9(6-10)12(13)7-16/h4-5,9-10,12-13,16H,2-3,6-7H2,1H3,(H,15,17). The predicted octanol–water partition coefficient (Wildman–Crippen LogP) is 1.72. The number of hydrogen-bond acceptors (Lipinski definition) is 3. The lowest BCUT2D eigenvalue weighted by Crippen LogP contribution is -2.45. The summed E-state index contributed by atoms with van der Waals surface area (Å²) in [5.74, 6) is 1.95. The van der Waals surface area contributed by atoms with Crippen LogP contribution in [0.4, 0.5) is 0 Å². The average molecular weight is 249 g/mol. The van der Waals surface area contributed by atoms with Gasteiger partial charge in [-0.3, -0.25) is 4.79 Å². The molecule has 0 radical (unpaired) electrons. The molecule has 4 nitrogen and oxygen atoms in total. The van der Waals surface area contributed by atoms with E-state index < -0.39 is 0 Å². The summed E-state index contributed by atoms with van der Waals surface area (Å²) in [6.45, 7) is 1.97. The Morgan fingerprint density at radius 1 is 1.50 bits per heavy atom. The molecule has 0 spiro atoms. The monoisotopic (exact) mass is 249 g/mol. The molecule has 1 aromatic rings. The molecule has 2 aliphatic carbocycles. The van der Waals surface area contributed by atoms with Crippen LogP contribution in [0.3, 0.4) is 0 Å². The summed E-state index contributed by atoms with van der Waals surface area (Å²) in [6.07, 6.45) is 5.07. The number of carbonyl (C=O) groups excluding carboxylic acids is 1. The van der Waals surface area contributed by atoms with Gasteiger partial charge >= 0.3 is 0 Å². The number of fused-ring (bicyclic) bond motifs is 2. The second-order valence-corrected chi connectivity index (χ2v) is 5.57. The Balaban J connectivity index is 1.73. The molecular formula is C14H19NO3. The van der Waals surface area contributed by atoms with Crippen LogP contribution in [-0.2, 0) is 0 Å². The zero-order valence-corrected chi connectivity index (χ0v) is 10.6. The van der Waals surface area contributed by atoms with Crippen molar-refractivity contribution < 1.29 is 14.3 Å². The van der Waals surface area contributed by atoms with Gasteiger partial charge in [0.25, 0.3) is 5.91 Å². The van der Waals surface area contributed by atoms with Gasteiger partial charge in [0.1, 0.15) is 5.76 Å². The first kappa shape index (κ1) is 11.8. The Morgan fingerprint density at radius 3 is 2.94 bits per heavy atom. The van der Waals surface area contributed by atoms with Crippen molar-refractivity contribution in [3.8, 4) is 0 Å². The van der Waals surface area contributed by atoms with Gasteiger partial charge in [-0.1, -0.05) is 0 Å². The predicted molar refractivity (Wildman–Crippen MR) is 66.1 cm³/mol. The van der Waals surface area contributed by atoms with Crippen molar-refractivity contribution in [2.24, 2.45) is 17.8 Å². The lowest BCUT2D eigenvalue weighted by molar-refractivity contribution is 0.0860. The lowest BCUT2D eigenvalue weighted by atomic mass is 9.85. The molecule has 0 aliphatic heterocycles. The van der Waals surface area contributed by atoms with Gasteiger partial charge in [-0.15, -0.1) is 0 Å². The Bertz CT molecular complexity index is 454. The molecule has 1 heterocycles. The first-order chi connectivity index (χ1) is 8.70. The number of aliphatic hydroxyl groups is 1. The molecule has 2 bridgehead atoms. The van der Waals surface area contributed by atoms with Gasteiger partial charge in [0.05, 0.1) is 11.8 Å². The van der Waals surface area contributed by atoms with Gasteiger partial charge in [0.2, 0.25) is 0 Å². The van der Waals surface area contributed by atoms with E-state index in [4.69, 9.17) is 4.42 Å². The molecular weight excluding hydrogens is 230 g/mol. The fourth-order valence-corrected chi connectivity index (χ4v) is 3.75. The van der Waals surface area contributed by atoms with Gasteiger partial charge in [-0.05, 0) is 44.1 Å². The number of rotatable bonds is 3. The minimum absolute atomic E-state index is 0.0720. The van der Waals surface area contributed by atoms with Crippen molar-refractivity contribution in [1.29, 1.82) is 0 Å². The van der Waals surface area contributed by atoms with E-state index in [1.54, 1.807) is 13.0 Å². The van der Waals surface area contributed by atoms with E-state index in [-0.39, 0.29) is 24.5 Å². The number of amides is 1. The molecule has 2 saturated carbocycles. The van der Waals surface area contributed by atoms with Gasteiger partial charge < -0.3 is 14.8 Å². The Labute approximate surface area is 106 Å². The van der Waals surface area contributed by atoms with Crippen LogP contribution in [-0.4, -0.2) is 23.7 Å². The van der Waals surface area contributed by atoms with Crippen molar-refractivity contribution in [2.45, 2.75) is 32.2 Å². The van der Waals surface area contributed by atoms with E-state index in [0.717, 1.165) is 6.42 Å². The SMILES string of the molecule is Cc1occc1C(=O)NC1C2CCC(C2)C1CO. The molecule has 4 atom stereocenters. The Morgan fingerprint density at radius 2 is 2.28 bits per heavy atom. The molecule has 98 valence electrons. The van der Waals surface area contributed by atoms with Crippen molar-refractivity contribution in [3.05, 3.63) is 23.7 Å². The summed E-state index contributed by atoms with van der Waals surface area (Å²) < 4.78 is 5.16. The van der Waals surface area contributed by atoms with E-state index in [0.29, 0.717) is 23.2 Å². The van der Waals surface area contributed by atoms with Crippen LogP contribution in [0, 0.1) is 24.7 Å². The third-order valence-electron chi connectivity index (χ3n) is 4.70. The summed E-state index contributed by atoms with van der Waals surface area (Å²) in [4.78, 5) is 12.2. The smallest absolute Gasteiger partial charge is 0.255 e. The fraction of sp³-hybridized carbons (Fsp3) is 0.643. The minimum atomic E-state index is -0.0720. The first-order valence-electron chi connectivity index (χ1n) is 6.66. The maximum absolute atomic E-state index is 12.2. The zero-order chi connectivity index (χ0) is 12.7. The van der Waals surface area contributed by atoms with Gasteiger partial charge in [0.15, 0.2) is 0 Å². The summed E-state index contributed by atoms with van der Waals surface area (Å²) in [7, 11) is 0. The number of aryl methyl sites for hydroxylation is 1. The lowest BCUT2D eigenvalue weighted by Gasteiger charge is -2.30. The van der Waals surface area contributed by atoms with Crippen LogP contribution < -0.4 is 5.32 Å². The van der Waals surface area contributed by atoms with E-state index in [2.05, 4.69) is 5.32 Å². The van der Waals surface area contributed by atoms with E-state index >= 15 is 0 Å². The number of furan rings is 1. The molecule has 1 aromatic heterocycles. The molecule has 1 amide bonds. The van der Waals surface area contributed by atoms with Crippen LogP contribution in [0.5, 0.6) is 0 Å². The van der Waals surface area contributed by atoms with Gasteiger partial charge in [-0.25, -0.2) is 0 Å². The third kappa shape index (κ3) is 1.75. The highest BCUT2D eigenvalue weighted by molar-refractivity contribution is 5.95. The maximum Gasteiger partial charge on any atom is 0.255 e. The summed E-state index contributed by atoms with van der Waals surface area (Å²) in [5.41, 5.74) is 0.606. The molecule has 2 aliphatic rings. The maximum atomic E-state index is 12.2. The van der Waals surface area contributed by atoms with Crippen LogP contribution >= 0.6 is 0 Å². The highest BCUT2D eigenvalue weighted by Gasteiger charge is 2.47. The van der Waals surface area contributed by atoms with Crippen LogP contribution in [0.2, 0.25) is 0 Å². The molecule has 0 saturated heterocycles. The number of carbonyl (C=O) groups is 1. The minimum Gasteiger partial charge on any atom is -0.469 e. The van der Waals surface area contributed by atoms with Crippen molar-refractivity contribution in [1.82, 2.24) is 5.32 Å². The third-order valence-corrected chi connectivity index (χ3v) is 4.70. The van der Waals surface area contributed by atoms with Crippen LogP contribution in [0.1, 0.15) is 35.4 Å². The van der Waals surface area contributed by atoms with Crippen molar-refractivity contribution >= 4 is 5.91 Å². The molecule has 4 unspecified atom stereocenters. The number of hydrogen-bond donors (Lipinski definition) is 2. The molecule has 18 heavy (non-hydrogen) atoms. The number of aliphatic hydroxyl groups excluding tert-OH is 1. The second-order valence-electron chi connectivity index (χ2n) is 5.57. The van der Waals surface area contributed by atoms with Crippen molar-refractivity contribution in [2.75, 3.05) is 6.61 Å². The zero-order valence-electron chi connectivity index (χ0n) is 10.6. The fourth-order valence-electron chi connectivity index (χ4n) is 3.75. The first-order valence-corrected chi connectivity index (χ1v) is 6.66. The summed E-state index contributed by atoms with van der Waals surface area (Å²) in [5, 5.41) is 12.6. The van der Waals surface area contributed by atoms with Gasteiger partial charge in [-0.2, -0.15) is 0 Å². The largest absolute Gasteiger partial charge is 0.469 e. The average Bonchev–Trinajstić information content (AvgIpc) is 3.03. The quantitative estimate of drug-likeness (QED) is 0.857. The van der Waals surface area contributed by atoms with Gasteiger partial charge in [0, 0.05) is 18.6 Å². The van der Waals surface area contributed by atoms with E-state index in [1.807, 2.05) is 0 Å². The Hall–Kier alpha value is -1.29. The Kier molecular flexibility index (Phi) is 2.90. The number of nitrogens with one attached hydrogen (secondary N) is 1. The van der Waals surface area contributed by atoms with E-state index in [1.165, 1.54) is 19.1 Å². The van der Waals surface area contributed by atoms with E-state index in [9.17, 15) is 9.90 Å². The molecule has 3 rings (SSSR count). The van der Waals surface area contributed by atoms with Crippen LogP contribution in [0.25, 0.3) is 0 Å². The molecule has 2 N–H and O–H groups in total. The molecule has 0 aromatic carbocycles.